The topological polar surface area (TPSA) is 27.1 Å². The van der Waals surface area contributed by atoms with Gasteiger partial charge in [0.1, 0.15) is 0 Å². The van der Waals surface area contributed by atoms with Crippen LogP contribution in [0.4, 0.5) is 0 Å². The van der Waals surface area contributed by atoms with E-state index < -0.39 is 0 Å². The molecule has 1 heterocycles. The maximum atomic E-state index is 8.96. The smallest absolute Gasteiger partial charge is 0.0464 e. The zero-order valence-electron chi connectivity index (χ0n) is 14.2. The summed E-state index contributed by atoms with van der Waals surface area (Å²) in [5, 5.41) is 9.66. The molecule has 0 radical (unpaired) electrons. The quantitative estimate of drug-likeness (QED) is 0.516. The normalized spacial score (nSPS) is 23.6. The van der Waals surface area contributed by atoms with Crippen LogP contribution in [0.1, 0.15) is 29.9 Å². The summed E-state index contributed by atoms with van der Waals surface area (Å²) < 4.78 is 1.77. The fourth-order valence-electron chi connectivity index (χ4n) is 3.79. The number of hydrogen-bond donors (Lipinski definition) is 1. The Morgan fingerprint density at radius 2 is 2.00 bits per heavy atom. The van der Waals surface area contributed by atoms with Gasteiger partial charge in [-0.1, -0.05) is 62.2 Å². The van der Waals surface area contributed by atoms with Crippen molar-refractivity contribution >= 4 is 55.2 Å². The molecule has 0 aromatic heterocycles. The molecule has 1 atom stereocenters. The summed E-state index contributed by atoms with van der Waals surface area (Å²) in [7, 11) is 2.17. The second-order valence-electron chi connectivity index (χ2n) is 6.80. The van der Waals surface area contributed by atoms with Crippen molar-refractivity contribution in [1.82, 2.24) is 4.90 Å². The summed E-state index contributed by atoms with van der Waals surface area (Å²) in [5.41, 5.74) is 3.85. The molecule has 1 aliphatic carbocycles. The maximum absolute atomic E-state index is 8.96. The first kappa shape index (κ1) is 19.1. The number of piperidine rings is 1. The zero-order chi connectivity index (χ0) is 18.1. The van der Waals surface area contributed by atoms with Crippen molar-refractivity contribution in [2.24, 2.45) is 5.92 Å². The molecular weight excluding hydrogens is 463 g/mol. The number of benzene rings is 1. The molecule has 5 heteroatoms. The first-order valence-electron chi connectivity index (χ1n) is 8.37. The van der Waals surface area contributed by atoms with E-state index in [1.807, 2.05) is 24.3 Å². The van der Waals surface area contributed by atoms with Crippen molar-refractivity contribution in [2.45, 2.75) is 18.8 Å². The van der Waals surface area contributed by atoms with Gasteiger partial charge in [0.15, 0.2) is 0 Å². The molecule has 0 saturated carbocycles. The van der Waals surface area contributed by atoms with Crippen molar-refractivity contribution < 1.29 is 0 Å². The van der Waals surface area contributed by atoms with Gasteiger partial charge in [0.05, 0.1) is 0 Å². The number of hydrogen-bond acceptors (Lipinski definition) is 2. The lowest BCUT2D eigenvalue weighted by Gasteiger charge is -2.35. The van der Waals surface area contributed by atoms with Crippen molar-refractivity contribution in [3.05, 3.63) is 61.5 Å². The van der Waals surface area contributed by atoms with Crippen LogP contribution in [-0.4, -0.2) is 30.7 Å². The zero-order valence-corrected chi connectivity index (χ0v) is 18.1. The third-order valence-electron chi connectivity index (χ3n) is 5.05. The fraction of sp³-hybridized carbons (Fsp3) is 0.350. The predicted molar refractivity (Wildman–Crippen MR) is 115 cm³/mol. The van der Waals surface area contributed by atoms with Crippen LogP contribution in [0, 0.1) is 11.3 Å². The third-order valence-corrected chi connectivity index (χ3v) is 6.15. The van der Waals surface area contributed by atoms with Crippen LogP contribution in [0.25, 0.3) is 6.08 Å². The molecule has 2 aliphatic rings. The summed E-state index contributed by atoms with van der Waals surface area (Å²) in [6.07, 6.45) is 8.20. The molecule has 0 bridgehead atoms. The monoisotopic (exact) mass is 482 g/mol. The summed E-state index contributed by atoms with van der Waals surface area (Å²) in [6.45, 7) is 6.07. The van der Waals surface area contributed by atoms with Crippen molar-refractivity contribution in [1.29, 1.82) is 5.41 Å². The average molecular weight is 485 g/mol. The number of allylic oxidation sites excluding steroid dienone is 4. The number of fused-ring (bicyclic) bond motifs is 1. The van der Waals surface area contributed by atoms with Gasteiger partial charge in [-0.3, -0.25) is 0 Å². The second-order valence-corrected chi connectivity index (χ2v) is 9.11. The maximum Gasteiger partial charge on any atom is 0.0464 e. The van der Waals surface area contributed by atoms with Gasteiger partial charge in [-0.15, -0.1) is 0 Å². The van der Waals surface area contributed by atoms with Gasteiger partial charge in [-0.05, 0) is 73.8 Å². The van der Waals surface area contributed by atoms with Gasteiger partial charge in [-0.2, -0.15) is 0 Å². The molecule has 1 fully saturated rings. The number of rotatable bonds is 2. The molecular formula is C20H21Br2ClN2. The van der Waals surface area contributed by atoms with E-state index >= 15 is 0 Å². The van der Waals surface area contributed by atoms with E-state index in [1.165, 1.54) is 5.56 Å². The minimum atomic E-state index is 0.0587. The summed E-state index contributed by atoms with van der Waals surface area (Å²) in [5.74, 6) is 0.509. The molecule has 1 saturated heterocycles. The highest BCUT2D eigenvalue weighted by atomic mass is 79.9. The standard InChI is InChI=1S/C20H21Br2ClN2/c1-12(21)9-15-4-3-14-10-16(23)11-17(22)18(14)19(20(15)24)13-5-7-25(2)8-6-13/h3-4,9-11,13,19,24H,1,5-8H2,2H3/b15-9-,24-20?. The van der Waals surface area contributed by atoms with E-state index in [1.54, 1.807) is 0 Å². The third kappa shape index (κ3) is 4.19. The van der Waals surface area contributed by atoms with Crippen LogP contribution < -0.4 is 0 Å². The summed E-state index contributed by atoms with van der Waals surface area (Å²) in [6, 6.07) is 3.95. The highest BCUT2D eigenvalue weighted by molar-refractivity contribution is 9.11. The molecule has 1 aromatic carbocycles. The molecule has 0 spiro atoms. The van der Waals surface area contributed by atoms with Crippen LogP contribution in [-0.2, 0) is 0 Å². The number of nitrogens with zero attached hydrogens (tertiary/aromatic N) is 1. The first-order chi connectivity index (χ1) is 11.9. The number of likely N-dealkylation sites (tertiary alicyclic amines) is 1. The Morgan fingerprint density at radius 3 is 2.64 bits per heavy atom. The van der Waals surface area contributed by atoms with E-state index in [9.17, 15) is 0 Å². The molecule has 1 aliphatic heterocycles. The van der Waals surface area contributed by atoms with Crippen LogP contribution >= 0.6 is 43.5 Å². The lowest BCUT2D eigenvalue weighted by molar-refractivity contribution is 0.212. The SMILES string of the molecule is C=C(Br)/C=C1/C=Cc2cc(Cl)cc(Br)c2C(C2CCN(C)CC2)C1=N. The molecule has 1 unspecified atom stereocenters. The number of nitrogens with one attached hydrogen (secondary N) is 1. The van der Waals surface area contributed by atoms with Gasteiger partial charge in [0.25, 0.3) is 0 Å². The van der Waals surface area contributed by atoms with E-state index in [-0.39, 0.29) is 5.92 Å². The molecule has 1 N–H and O–H groups in total. The largest absolute Gasteiger partial charge is 0.306 e. The minimum absolute atomic E-state index is 0.0587. The Morgan fingerprint density at radius 1 is 1.32 bits per heavy atom. The van der Waals surface area contributed by atoms with E-state index in [4.69, 9.17) is 17.0 Å². The fourth-order valence-corrected chi connectivity index (χ4v) is 5.12. The van der Waals surface area contributed by atoms with Crippen molar-refractivity contribution in [2.75, 3.05) is 20.1 Å². The van der Waals surface area contributed by atoms with Gasteiger partial charge in [0, 0.05) is 25.6 Å². The van der Waals surface area contributed by atoms with Crippen LogP contribution in [0.5, 0.6) is 0 Å². The van der Waals surface area contributed by atoms with Gasteiger partial charge in [0.2, 0.25) is 0 Å². The lowest BCUT2D eigenvalue weighted by atomic mass is 9.75. The van der Waals surface area contributed by atoms with Crippen LogP contribution in [0.15, 0.2) is 45.4 Å². The second kappa shape index (κ2) is 7.91. The average Bonchev–Trinajstić information content (AvgIpc) is 2.66. The Bertz CT molecular complexity index is 774. The Kier molecular flexibility index (Phi) is 6.04. The van der Waals surface area contributed by atoms with Crippen LogP contribution in [0.2, 0.25) is 5.02 Å². The van der Waals surface area contributed by atoms with Gasteiger partial charge >= 0.3 is 0 Å². The Balaban J connectivity index is 2.12. The van der Waals surface area contributed by atoms with Gasteiger partial charge in [-0.25, -0.2) is 0 Å². The first-order valence-corrected chi connectivity index (χ1v) is 10.3. The minimum Gasteiger partial charge on any atom is -0.306 e. The Labute approximate surface area is 171 Å². The summed E-state index contributed by atoms with van der Waals surface area (Å²) >= 11 is 13.4. The molecule has 132 valence electrons. The summed E-state index contributed by atoms with van der Waals surface area (Å²) in [4.78, 5) is 2.37. The van der Waals surface area contributed by atoms with Gasteiger partial charge < -0.3 is 10.3 Å². The molecule has 1 aromatic rings. The molecule has 25 heavy (non-hydrogen) atoms. The van der Waals surface area contributed by atoms with Crippen LogP contribution in [0.3, 0.4) is 0 Å². The van der Waals surface area contributed by atoms with E-state index in [0.717, 1.165) is 46.0 Å². The predicted octanol–water partition coefficient (Wildman–Crippen LogP) is 6.41. The lowest BCUT2D eigenvalue weighted by Crippen LogP contribution is -2.35. The molecule has 3 rings (SSSR count). The Hall–Kier alpha value is -0.680. The van der Waals surface area contributed by atoms with Crippen molar-refractivity contribution in [3.8, 4) is 0 Å². The number of halogens is 3. The van der Waals surface area contributed by atoms with Crippen molar-refractivity contribution in [3.63, 3.8) is 0 Å². The van der Waals surface area contributed by atoms with E-state index in [2.05, 4.69) is 56.5 Å². The molecule has 2 nitrogen and oxygen atoms in total. The van der Waals surface area contributed by atoms with E-state index in [0.29, 0.717) is 16.7 Å². The molecule has 0 amide bonds. The highest BCUT2D eigenvalue weighted by Gasteiger charge is 2.34. The highest BCUT2D eigenvalue weighted by Crippen LogP contribution is 2.43.